The number of aliphatic hydroxyl groups is 1. The van der Waals surface area contributed by atoms with Crippen LogP contribution in [-0.2, 0) is 4.74 Å². The summed E-state index contributed by atoms with van der Waals surface area (Å²) >= 11 is 1.51. The summed E-state index contributed by atoms with van der Waals surface area (Å²) in [6, 6.07) is 0. The molecule has 1 heterocycles. The topological polar surface area (TPSA) is 49.8 Å². The molecule has 1 saturated heterocycles. The van der Waals surface area contributed by atoms with Gasteiger partial charge in [-0.05, 0) is 34.1 Å². The van der Waals surface area contributed by atoms with Crippen molar-refractivity contribution >= 4 is 17.9 Å². The average molecular weight is 247 g/mol. The first kappa shape index (κ1) is 13.6. The predicted octanol–water partition coefficient (Wildman–Crippen LogP) is 2.07. The third-order valence-corrected chi connectivity index (χ3v) is 3.35. The molecule has 1 rings (SSSR count). The van der Waals surface area contributed by atoms with E-state index < -0.39 is 5.60 Å². The van der Waals surface area contributed by atoms with Crippen LogP contribution in [0.25, 0.3) is 0 Å². The van der Waals surface area contributed by atoms with E-state index in [1.54, 1.807) is 11.8 Å². The molecule has 0 saturated carbocycles. The number of hydrogen-bond acceptors (Lipinski definition) is 4. The molecule has 0 aromatic rings. The highest BCUT2D eigenvalue weighted by atomic mass is 32.2. The van der Waals surface area contributed by atoms with Crippen LogP contribution >= 0.6 is 11.8 Å². The van der Waals surface area contributed by atoms with Gasteiger partial charge in [0.15, 0.2) is 0 Å². The number of rotatable bonds is 2. The van der Waals surface area contributed by atoms with Crippen molar-refractivity contribution in [3.8, 4) is 0 Å². The molecular formula is C11H21NO3S. The quantitative estimate of drug-likeness (QED) is 0.759. The molecule has 1 fully saturated rings. The normalized spacial score (nSPS) is 23.3. The van der Waals surface area contributed by atoms with Gasteiger partial charge in [-0.2, -0.15) is 0 Å². The van der Waals surface area contributed by atoms with E-state index in [-0.39, 0.29) is 11.5 Å². The highest BCUT2D eigenvalue weighted by molar-refractivity contribution is 8.00. The minimum absolute atomic E-state index is 0.249. The smallest absolute Gasteiger partial charge is 0.410 e. The van der Waals surface area contributed by atoms with Gasteiger partial charge in [0.25, 0.3) is 0 Å². The third kappa shape index (κ3) is 4.61. The lowest BCUT2D eigenvalue weighted by Crippen LogP contribution is -2.35. The summed E-state index contributed by atoms with van der Waals surface area (Å²) in [5, 5.41) is 9.58. The maximum atomic E-state index is 11.7. The number of nitrogens with zero attached hydrogens (tertiary/aromatic N) is 1. The van der Waals surface area contributed by atoms with Crippen molar-refractivity contribution in [2.75, 3.05) is 13.1 Å². The summed E-state index contributed by atoms with van der Waals surface area (Å²) in [5.74, 6) is 0. The molecule has 94 valence electrons. The van der Waals surface area contributed by atoms with Crippen molar-refractivity contribution in [3.05, 3.63) is 0 Å². The van der Waals surface area contributed by atoms with Gasteiger partial charge in [-0.3, -0.25) is 0 Å². The second kappa shape index (κ2) is 5.27. The summed E-state index contributed by atoms with van der Waals surface area (Å²) < 4.78 is 5.29. The summed E-state index contributed by atoms with van der Waals surface area (Å²) in [4.78, 5) is 13.4. The van der Waals surface area contributed by atoms with E-state index in [1.807, 2.05) is 20.8 Å². The first-order valence-electron chi connectivity index (χ1n) is 5.59. The first-order valence-corrected chi connectivity index (χ1v) is 6.53. The van der Waals surface area contributed by atoms with Gasteiger partial charge in [0, 0.05) is 18.3 Å². The lowest BCUT2D eigenvalue weighted by atomic mass is 10.2. The zero-order chi connectivity index (χ0) is 12.3. The molecule has 5 heteroatoms. The van der Waals surface area contributed by atoms with Gasteiger partial charge < -0.3 is 14.7 Å². The maximum absolute atomic E-state index is 11.7. The largest absolute Gasteiger partial charge is 0.444 e. The summed E-state index contributed by atoms with van der Waals surface area (Å²) in [6.45, 7) is 8.74. The Kier molecular flexibility index (Phi) is 4.50. The van der Waals surface area contributed by atoms with Crippen LogP contribution in [0.4, 0.5) is 4.79 Å². The molecule has 0 bridgehead atoms. The van der Waals surface area contributed by atoms with Gasteiger partial charge in [-0.15, -0.1) is 11.8 Å². The SMILES string of the molecule is CC(O)S[C@@H]1CCN(C(=O)OC(C)(C)C)C1. The van der Waals surface area contributed by atoms with E-state index in [4.69, 9.17) is 4.74 Å². The van der Waals surface area contributed by atoms with Crippen LogP contribution in [0, 0.1) is 0 Å². The van der Waals surface area contributed by atoms with Gasteiger partial charge in [0.1, 0.15) is 5.60 Å². The van der Waals surface area contributed by atoms with E-state index in [2.05, 4.69) is 0 Å². The Bertz CT molecular complexity index is 250. The molecule has 1 aliphatic heterocycles. The van der Waals surface area contributed by atoms with Crippen molar-refractivity contribution in [1.82, 2.24) is 4.90 Å². The fraction of sp³-hybridized carbons (Fsp3) is 0.909. The van der Waals surface area contributed by atoms with E-state index in [0.717, 1.165) is 13.0 Å². The van der Waals surface area contributed by atoms with Crippen molar-refractivity contribution < 1.29 is 14.6 Å². The standard InChI is InChI=1S/C11H21NO3S/c1-8(13)16-9-5-6-12(7-9)10(14)15-11(2,3)4/h8-9,13H,5-7H2,1-4H3/t8?,9-/m1/s1. The molecule has 16 heavy (non-hydrogen) atoms. The molecule has 0 aromatic heterocycles. The third-order valence-electron chi connectivity index (χ3n) is 2.19. The van der Waals surface area contributed by atoms with Crippen molar-refractivity contribution in [1.29, 1.82) is 0 Å². The molecule has 0 spiro atoms. The van der Waals surface area contributed by atoms with Crippen molar-refractivity contribution in [3.63, 3.8) is 0 Å². The van der Waals surface area contributed by atoms with Gasteiger partial charge in [0.05, 0.1) is 5.44 Å². The lowest BCUT2D eigenvalue weighted by molar-refractivity contribution is 0.0295. The molecular weight excluding hydrogens is 226 g/mol. The van der Waals surface area contributed by atoms with Crippen LogP contribution in [-0.4, -0.2) is 45.5 Å². The minimum atomic E-state index is -0.438. The van der Waals surface area contributed by atoms with E-state index in [9.17, 15) is 9.90 Å². The summed E-state index contributed by atoms with van der Waals surface area (Å²) in [7, 11) is 0. The van der Waals surface area contributed by atoms with Crippen molar-refractivity contribution in [2.45, 2.75) is 50.4 Å². The van der Waals surface area contributed by atoms with Crippen molar-refractivity contribution in [2.24, 2.45) is 0 Å². The molecule has 1 aliphatic rings. The zero-order valence-corrected chi connectivity index (χ0v) is 11.2. The van der Waals surface area contributed by atoms with E-state index in [1.165, 1.54) is 11.8 Å². The Hall–Kier alpha value is -0.420. The van der Waals surface area contributed by atoms with Crippen LogP contribution in [0.3, 0.4) is 0 Å². The zero-order valence-electron chi connectivity index (χ0n) is 10.4. The maximum Gasteiger partial charge on any atom is 0.410 e. The van der Waals surface area contributed by atoms with Crippen LogP contribution in [0.1, 0.15) is 34.1 Å². The van der Waals surface area contributed by atoms with Gasteiger partial charge in [-0.25, -0.2) is 4.79 Å². The van der Waals surface area contributed by atoms with E-state index >= 15 is 0 Å². The van der Waals surface area contributed by atoms with Gasteiger partial charge in [-0.1, -0.05) is 0 Å². The predicted molar refractivity (Wildman–Crippen MR) is 65.5 cm³/mol. The van der Waals surface area contributed by atoms with Gasteiger partial charge >= 0.3 is 6.09 Å². The Morgan fingerprint density at radius 3 is 2.69 bits per heavy atom. The minimum Gasteiger partial charge on any atom is -0.444 e. The molecule has 1 N–H and O–H groups in total. The molecule has 0 radical (unpaired) electrons. The highest BCUT2D eigenvalue weighted by Crippen LogP contribution is 2.26. The summed E-state index contributed by atoms with van der Waals surface area (Å²) in [5.41, 5.74) is -0.810. The number of thioether (sulfide) groups is 1. The monoisotopic (exact) mass is 247 g/mol. The van der Waals surface area contributed by atoms with E-state index in [0.29, 0.717) is 11.8 Å². The van der Waals surface area contributed by atoms with Crippen LogP contribution in [0.15, 0.2) is 0 Å². The average Bonchev–Trinajstić information content (AvgIpc) is 2.48. The number of likely N-dealkylation sites (tertiary alicyclic amines) is 1. The number of carbonyl (C=O) groups excluding carboxylic acids is 1. The van der Waals surface area contributed by atoms with Gasteiger partial charge in [0.2, 0.25) is 0 Å². The molecule has 0 aliphatic carbocycles. The summed E-state index contributed by atoms with van der Waals surface area (Å²) in [6.07, 6.45) is 0.677. The second-order valence-electron chi connectivity index (χ2n) is 5.07. The molecule has 0 aromatic carbocycles. The number of amides is 1. The number of ether oxygens (including phenoxy) is 1. The number of carbonyl (C=O) groups is 1. The molecule has 1 amide bonds. The Balaban J connectivity index is 2.38. The van der Waals surface area contributed by atoms with Crippen LogP contribution < -0.4 is 0 Å². The molecule has 1 unspecified atom stereocenters. The molecule has 4 nitrogen and oxygen atoms in total. The lowest BCUT2D eigenvalue weighted by Gasteiger charge is -2.24. The Morgan fingerprint density at radius 1 is 1.56 bits per heavy atom. The number of aliphatic hydroxyl groups excluding tert-OH is 1. The Morgan fingerprint density at radius 2 is 2.19 bits per heavy atom. The van der Waals surface area contributed by atoms with Crippen LogP contribution in [0.2, 0.25) is 0 Å². The second-order valence-corrected chi connectivity index (χ2v) is 6.69. The highest BCUT2D eigenvalue weighted by Gasteiger charge is 2.30. The number of hydrogen-bond donors (Lipinski definition) is 1. The Labute approximate surface area is 101 Å². The fourth-order valence-electron chi connectivity index (χ4n) is 1.61. The fourth-order valence-corrected chi connectivity index (χ4v) is 2.67. The molecule has 2 atom stereocenters. The first-order chi connectivity index (χ1) is 7.28. The van der Waals surface area contributed by atoms with Crippen LogP contribution in [0.5, 0.6) is 0 Å².